The highest BCUT2D eigenvalue weighted by Gasteiger charge is 2.00. The van der Waals surface area contributed by atoms with Gasteiger partial charge in [0.25, 0.3) is 0 Å². The van der Waals surface area contributed by atoms with Gasteiger partial charge in [0.15, 0.2) is 0 Å². The molecule has 0 radical (unpaired) electrons. The summed E-state index contributed by atoms with van der Waals surface area (Å²) in [6.07, 6.45) is 0. The summed E-state index contributed by atoms with van der Waals surface area (Å²) in [5.41, 5.74) is 2.08. The largest absolute Gasteiger partial charge is 0.330 e. The van der Waals surface area contributed by atoms with Gasteiger partial charge in [-0.3, -0.25) is 0 Å². The first-order valence-corrected chi connectivity index (χ1v) is 5.85. The van der Waals surface area contributed by atoms with Gasteiger partial charge in [0, 0.05) is 11.6 Å². The Bertz CT molecular complexity index is 455. The van der Waals surface area contributed by atoms with Gasteiger partial charge in [0.2, 0.25) is 5.13 Å². The average molecular weight is 240 g/mol. The molecule has 0 saturated carbocycles. The maximum absolute atomic E-state index is 5.75. The van der Waals surface area contributed by atoms with Crippen LogP contribution in [0.2, 0.25) is 0 Å². The van der Waals surface area contributed by atoms with Crippen molar-refractivity contribution in [1.82, 2.24) is 10.2 Å². The molecule has 2 rings (SSSR count). The van der Waals surface area contributed by atoms with Crippen LogP contribution >= 0.6 is 22.9 Å². The van der Waals surface area contributed by atoms with Crippen LogP contribution in [0.5, 0.6) is 0 Å². The minimum absolute atomic E-state index is 0.519. The first-order valence-electron chi connectivity index (χ1n) is 4.50. The molecule has 15 heavy (non-hydrogen) atoms. The van der Waals surface area contributed by atoms with Gasteiger partial charge in [-0.25, -0.2) is 0 Å². The van der Waals surface area contributed by atoms with Crippen LogP contribution in [-0.4, -0.2) is 10.2 Å². The van der Waals surface area contributed by atoms with E-state index in [4.69, 9.17) is 11.6 Å². The molecule has 0 aliphatic rings. The van der Waals surface area contributed by atoms with Crippen molar-refractivity contribution in [2.75, 3.05) is 5.32 Å². The molecule has 5 heteroatoms. The molecule has 1 N–H and O–H groups in total. The fourth-order valence-electron chi connectivity index (χ4n) is 1.20. The Balaban J connectivity index is 2.16. The van der Waals surface area contributed by atoms with Crippen molar-refractivity contribution < 1.29 is 0 Å². The maximum atomic E-state index is 5.75. The quantitative estimate of drug-likeness (QED) is 0.835. The van der Waals surface area contributed by atoms with E-state index in [2.05, 4.69) is 15.5 Å². The zero-order chi connectivity index (χ0) is 10.7. The van der Waals surface area contributed by atoms with Crippen LogP contribution in [-0.2, 0) is 5.88 Å². The van der Waals surface area contributed by atoms with Gasteiger partial charge in [-0.2, -0.15) is 0 Å². The molecule has 0 saturated heterocycles. The summed E-state index contributed by atoms with van der Waals surface area (Å²) in [5.74, 6) is 0.519. The number of rotatable bonds is 3. The molecule has 0 atom stereocenters. The molecule has 0 fully saturated rings. The van der Waals surface area contributed by atoms with Crippen LogP contribution in [0.3, 0.4) is 0 Å². The lowest BCUT2D eigenvalue weighted by atomic mass is 10.2. The van der Waals surface area contributed by atoms with Gasteiger partial charge in [-0.05, 0) is 24.6 Å². The third-order valence-electron chi connectivity index (χ3n) is 1.86. The van der Waals surface area contributed by atoms with Crippen LogP contribution < -0.4 is 5.32 Å². The number of aromatic nitrogens is 2. The standard InChI is InChI=1S/C10H10ClN3S/c1-7-13-14-10(15-7)12-9-4-2-3-8(5-9)6-11/h2-5H,6H2,1H3,(H,12,14). The smallest absolute Gasteiger partial charge is 0.210 e. The third kappa shape index (κ3) is 2.67. The zero-order valence-corrected chi connectivity index (χ0v) is 9.77. The molecule has 0 bridgehead atoms. The Morgan fingerprint density at radius 2 is 2.27 bits per heavy atom. The van der Waals surface area contributed by atoms with E-state index < -0.39 is 0 Å². The van der Waals surface area contributed by atoms with E-state index in [-0.39, 0.29) is 0 Å². The molecule has 1 heterocycles. The van der Waals surface area contributed by atoms with E-state index in [0.717, 1.165) is 21.4 Å². The van der Waals surface area contributed by atoms with Crippen molar-refractivity contribution in [3.05, 3.63) is 34.8 Å². The summed E-state index contributed by atoms with van der Waals surface area (Å²) in [6.45, 7) is 1.93. The Kier molecular flexibility index (Phi) is 3.18. The van der Waals surface area contributed by atoms with E-state index in [0.29, 0.717) is 5.88 Å². The number of alkyl halides is 1. The second-order valence-corrected chi connectivity index (χ2v) is 4.53. The SMILES string of the molecule is Cc1nnc(Nc2cccc(CCl)c2)s1. The minimum Gasteiger partial charge on any atom is -0.330 e. The van der Waals surface area contributed by atoms with Crippen molar-refractivity contribution in [1.29, 1.82) is 0 Å². The molecular formula is C10H10ClN3S. The van der Waals surface area contributed by atoms with Gasteiger partial charge < -0.3 is 5.32 Å². The summed E-state index contributed by atoms with van der Waals surface area (Å²) >= 11 is 7.28. The van der Waals surface area contributed by atoms with Crippen LogP contribution in [0.25, 0.3) is 0 Å². The second-order valence-electron chi connectivity index (χ2n) is 3.09. The number of aryl methyl sites for hydroxylation is 1. The number of nitrogens with one attached hydrogen (secondary N) is 1. The summed E-state index contributed by atoms with van der Waals surface area (Å²) in [6, 6.07) is 7.94. The van der Waals surface area contributed by atoms with Gasteiger partial charge in [0.1, 0.15) is 5.01 Å². The number of hydrogen-bond donors (Lipinski definition) is 1. The maximum Gasteiger partial charge on any atom is 0.210 e. The highest BCUT2D eigenvalue weighted by molar-refractivity contribution is 7.15. The summed E-state index contributed by atoms with van der Waals surface area (Å²) in [4.78, 5) is 0. The molecule has 0 amide bonds. The number of hydrogen-bond acceptors (Lipinski definition) is 4. The van der Waals surface area contributed by atoms with Crippen molar-refractivity contribution in [2.24, 2.45) is 0 Å². The number of halogens is 1. The summed E-state index contributed by atoms with van der Waals surface area (Å²) < 4.78 is 0. The predicted octanol–water partition coefficient (Wildman–Crippen LogP) is 3.33. The van der Waals surface area contributed by atoms with E-state index in [9.17, 15) is 0 Å². The second kappa shape index (κ2) is 4.59. The fourth-order valence-corrected chi connectivity index (χ4v) is 1.98. The van der Waals surface area contributed by atoms with Crippen molar-refractivity contribution in [3.8, 4) is 0 Å². The molecule has 1 aromatic carbocycles. The van der Waals surface area contributed by atoms with Crippen LogP contribution in [0.1, 0.15) is 10.6 Å². The van der Waals surface area contributed by atoms with E-state index in [1.54, 1.807) is 0 Å². The van der Waals surface area contributed by atoms with Crippen LogP contribution in [0, 0.1) is 6.92 Å². The molecule has 0 spiro atoms. The van der Waals surface area contributed by atoms with Gasteiger partial charge >= 0.3 is 0 Å². The molecule has 0 aliphatic heterocycles. The molecule has 0 aliphatic carbocycles. The van der Waals surface area contributed by atoms with Crippen LogP contribution in [0.4, 0.5) is 10.8 Å². The van der Waals surface area contributed by atoms with Gasteiger partial charge in [-0.1, -0.05) is 23.5 Å². The van der Waals surface area contributed by atoms with Gasteiger partial charge in [0.05, 0.1) is 0 Å². The fraction of sp³-hybridized carbons (Fsp3) is 0.200. The highest BCUT2D eigenvalue weighted by atomic mass is 35.5. The molecule has 2 aromatic rings. The number of benzene rings is 1. The van der Waals surface area contributed by atoms with Crippen molar-refractivity contribution in [2.45, 2.75) is 12.8 Å². The lowest BCUT2D eigenvalue weighted by molar-refractivity contribution is 1.05. The third-order valence-corrected chi connectivity index (χ3v) is 2.92. The molecule has 1 aromatic heterocycles. The lowest BCUT2D eigenvalue weighted by Gasteiger charge is -2.02. The van der Waals surface area contributed by atoms with Crippen molar-refractivity contribution in [3.63, 3.8) is 0 Å². The average Bonchev–Trinajstić information content (AvgIpc) is 2.64. The number of anilines is 2. The minimum atomic E-state index is 0.519. The molecule has 3 nitrogen and oxygen atoms in total. The molecular weight excluding hydrogens is 230 g/mol. The van der Waals surface area contributed by atoms with E-state index in [1.807, 2.05) is 31.2 Å². The Morgan fingerprint density at radius 1 is 1.40 bits per heavy atom. The van der Waals surface area contributed by atoms with E-state index >= 15 is 0 Å². The monoisotopic (exact) mass is 239 g/mol. The Morgan fingerprint density at radius 3 is 2.93 bits per heavy atom. The predicted molar refractivity (Wildman–Crippen MR) is 63.9 cm³/mol. The normalized spacial score (nSPS) is 10.3. The summed E-state index contributed by atoms with van der Waals surface area (Å²) in [5, 5.41) is 12.9. The Hall–Kier alpha value is -1.13. The first kappa shape index (κ1) is 10.4. The molecule has 78 valence electrons. The highest BCUT2D eigenvalue weighted by Crippen LogP contribution is 2.21. The van der Waals surface area contributed by atoms with Crippen molar-refractivity contribution >= 4 is 33.8 Å². The number of nitrogens with zero attached hydrogens (tertiary/aromatic N) is 2. The topological polar surface area (TPSA) is 37.8 Å². The molecule has 0 unspecified atom stereocenters. The zero-order valence-electron chi connectivity index (χ0n) is 8.20. The summed E-state index contributed by atoms with van der Waals surface area (Å²) in [7, 11) is 0. The van der Waals surface area contributed by atoms with E-state index in [1.165, 1.54) is 11.3 Å². The van der Waals surface area contributed by atoms with Gasteiger partial charge in [-0.15, -0.1) is 21.8 Å². The lowest BCUT2D eigenvalue weighted by Crippen LogP contribution is -1.90. The first-order chi connectivity index (χ1) is 7.28. The van der Waals surface area contributed by atoms with Crippen LogP contribution in [0.15, 0.2) is 24.3 Å². The Labute approximate surface area is 97.1 Å².